The molecule has 0 N–H and O–H groups in total. The molecule has 0 saturated heterocycles. The molecule has 34 valence electrons. The molecule has 0 bridgehead atoms. The summed E-state index contributed by atoms with van der Waals surface area (Å²) >= 11 is 0. The van der Waals surface area contributed by atoms with Gasteiger partial charge in [-0.3, -0.25) is 0 Å². The molecule has 6 heavy (non-hydrogen) atoms. The summed E-state index contributed by atoms with van der Waals surface area (Å²) in [5, 5.41) is 3.98. The minimum absolute atomic E-state index is 0.472. The van der Waals surface area contributed by atoms with Crippen molar-refractivity contribution in [1.82, 2.24) is 0 Å². The maximum absolute atomic E-state index is 4.26. The van der Waals surface area contributed by atoms with Gasteiger partial charge in [-0.25, -0.2) is 0 Å². The van der Waals surface area contributed by atoms with E-state index in [1.807, 2.05) is 0 Å². The summed E-state index contributed by atoms with van der Waals surface area (Å²) in [6.07, 6.45) is 3.12. The molecular formula is C3H4O3. The van der Waals surface area contributed by atoms with E-state index in [9.17, 15) is 0 Å². The van der Waals surface area contributed by atoms with E-state index in [1.54, 1.807) is 6.08 Å². The average molecular weight is 88.1 g/mol. The fraction of sp³-hybridized carbons (Fsp3) is 0.333. The van der Waals surface area contributed by atoms with Gasteiger partial charge in [0, 0.05) is 0 Å². The van der Waals surface area contributed by atoms with Gasteiger partial charge in [0.2, 0.25) is 0 Å². The Kier molecular flexibility index (Phi) is 1.09. The Labute approximate surface area is 35.0 Å². The lowest BCUT2D eigenvalue weighted by molar-refractivity contribution is -0.493. The van der Waals surface area contributed by atoms with Crippen LogP contribution in [0.5, 0.6) is 0 Å². The molecule has 1 aliphatic heterocycles. The van der Waals surface area contributed by atoms with Gasteiger partial charge in [-0.2, -0.15) is 4.89 Å². The summed E-state index contributed by atoms with van der Waals surface area (Å²) in [7, 11) is 0. The Morgan fingerprint density at radius 3 is 2.67 bits per heavy atom. The molecule has 0 radical (unpaired) electrons. The Bertz CT molecular complexity index is 51.1. The Morgan fingerprint density at radius 1 is 1.50 bits per heavy atom. The molecule has 0 fully saturated rings. The van der Waals surface area contributed by atoms with Crippen molar-refractivity contribution >= 4 is 0 Å². The third kappa shape index (κ3) is 0.702. The van der Waals surface area contributed by atoms with E-state index in [4.69, 9.17) is 0 Å². The number of rotatable bonds is 0. The molecular weight excluding hydrogens is 84.0 g/mol. The van der Waals surface area contributed by atoms with Crippen molar-refractivity contribution in [3.05, 3.63) is 12.3 Å². The molecule has 0 atom stereocenters. The standard InChI is InChI=1S/C3H4O3/c1-2-4-6-5-3-1/h1-2H,3H2. The van der Waals surface area contributed by atoms with Crippen LogP contribution < -0.4 is 0 Å². The van der Waals surface area contributed by atoms with Crippen molar-refractivity contribution < 1.29 is 14.8 Å². The maximum atomic E-state index is 4.26. The highest BCUT2D eigenvalue weighted by molar-refractivity contribution is 4.71. The number of hydrogen-bond donors (Lipinski definition) is 0. The van der Waals surface area contributed by atoms with Crippen LogP contribution in [0.2, 0.25) is 0 Å². The van der Waals surface area contributed by atoms with E-state index in [-0.39, 0.29) is 0 Å². The van der Waals surface area contributed by atoms with Gasteiger partial charge in [0.05, 0.1) is 0 Å². The molecule has 0 saturated carbocycles. The highest BCUT2D eigenvalue weighted by atomic mass is 17.5. The monoisotopic (exact) mass is 88.0 g/mol. The van der Waals surface area contributed by atoms with E-state index in [2.05, 4.69) is 14.8 Å². The van der Waals surface area contributed by atoms with E-state index >= 15 is 0 Å². The summed E-state index contributed by atoms with van der Waals surface area (Å²) < 4.78 is 0. The van der Waals surface area contributed by atoms with Crippen LogP contribution in [0.15, 0.2) is 12.3 Å². The molecule has 1 rings (SSSR count). The zero-order chi connectivity index (χ0) is 4.24. The molecule has 3 nitrogen and oxygen atoms in total. The van der Waals surface area contributed by atoms with Crippen LogP contribution >= 0.6 is 0 Å². The highest BCUT2D eigenvalue weighted by Crippen LogP contribution is 1.89. The van der Waals surface area contributed by atoms with E-state index in [0.717, 1.165) is 0 Å². The predicted molar refractivity (Wildman–Crippen MR) is 17.3 cm³/mol. The average Bonchev–Trinajstić information content (AvgIpc) is 1.72. The lowest BCUT2D eigenvalue weighted by atomic mass is 10.7. The van der Waals surface area contributed by atoms with E-state index in [1.165, 1.54) is 6.26 Å². The minimum atomic E-state index is 0.472. The lowest BCUT2D eigenvalue weighted by Gasteiger charge is -1.99. The Balaban J connectivity index is 2.26. The van der Waals surface area contributed by atoms with Gasteiger partial charge in [-0.1, -0.05) is 0 Å². The van der Waals surface area contributed by atoms with Crippen LogP contribution in [0.25, 0.3) is 0 Å². The first-order valence-electron chi connectivity index (χ1n) is 1.60. The predicted octanol–water partition coefficient (Wildman–Crippen LogP) is 0.393. The van der Waals surface area contributed by atoms with Crippen molar-refractivity contribution in [2.45, 2.75) is 0 Å². The van der Waals surface area contributed by atoms with Crippen molar-refractivity contribution in [3.8, 4) is 0 Å². The third-order valence-electron chi connectivity index (χ3n) is 0.403. The minimum Gasteiger partial charge on any atom is -0.317 e. The maximum Gasteiger partial charge on any atom is 0.131 e. The zero-order valence-corrected chi connectivity index (χ0v) is 3.09. The van der Waals surface area contributed by atoms with Gasteiger partial charge in [-0.05, 0) is 11.1 Å². The van der Waals surface area contributed by atoms with Crippen LogP contribution in [0.1, 0.15) is 0 Å². The second-order valence-electron chi connectivity index (χ2n) is 0.821. The Morgan fingerprint density at radius 2 is 2.50 bits per heavy atom. The smallest absolute Gasteiger partial charge is 0.131 e. The summed E-state index contributed by atoms with van der Waals surface area (Å²) in [4.78, 5) is 8.43. The van der Waals surface area contributed by atoms with Crippen molar-refractivity contribution in [3.63, 3.8) is 0 Å². The second kappa shape index (κ2) is 1.79. The Hall–Kier alpha value is -0.540. The second-order valence-corrected chi connectivity index (χ2v) is 0.821. The van der Waals surface area contributed by atoms with Crippen molar-refractivity contribution in [2.24, 2.45) is 0 Å². The third-order valence-corrected chi connectivity index (χ3v) is 0.403. The first-order valence-corrected chi connectivity index (χ1v) is 1.60. The molecule has 0 aromatic carbocycles. The summed E-state index contributed by atoms with van der Waals surface area (Å²) in [6, 6.07) is 0. The van der Waals surface area contributed by atoms with Crippen LogP contribution in [-0.2, 0) is 14.8 Å². The summed E-state index contributed by atoms with van der Waals surface area (Å²) in [6.45, 7) is 0.472. The van der Waals surface area contributed by atoms with Crippen LogP contribution in [0, 0.1) is 0 Å². The molecule has 0 spiro atoms. The van der Waals surface area contributed by atoms with Crippen molar-refractivity contribution in [1.29, 1.82) is 0 Å². The van der Waals surface area contributed by atoms with Gasteiger partial charge < -0.3 is 4.89 Å². The summed E-state index contributed by atoms with van der Waals surface area (Å²) in [5.74, 6) is 0. The van der Waals surface area contributed by atoms with Gasteiger partial charge in [0.15, 0.2) is 0 Å². The van der Waals surface area contributed by atoms with Crippen LogP contribution in [0.4, 0.5) is 0 Å². The molecule has 1 heterocycles. The fourth-order valence-corrected chi connectivity index (χ4v) is 0.196. The topological polar surface area (TPSA) is 27.7 Å². The molecule has 0 unspecified atom stereocenters. The zero-order valence-electron chi connectivity index (χ0n) is 3.09. The normalized spacial score (nSPS) is 20.0. The van der Waals surface area contributed by atoms with Crippen molar-refractivity contribution in [2.75, 3.05) is 6.61 Å². The molecule has 0 aromatic heterocycles. The molecule has 1 aliphatic rings. The van der Waals surface area contributed by atoms with Crippen LogP contribution in [0.3, 0.4) is 0 Å². The lowest BCUT2D eigenvalue weighted by Crippen LogP contribution is -1.96. The van der Waals surface area contributed by atoms with Gasteiger partial charge in [0.25, 0.3) is 0 Å². The first-order chi connectivity index (χ1) is 3.00. The SMILES string of the molecule is C1=COOOC1. The summed E-state index contributed by atoms with van der Waals surface area (Å²) in [5.41, 5.74) is 0. The molecule has 0 aromatic rings. The number of hydrogen-bond acceptors (Lipinski definition) is 3. The first kappa shape index (κ1) is 3.64. The fourth-order valence-electron chi connectivity index (χ4n) is 0.196. The largest absolute Gasteiger partial charge is 0.317 e. The van der Waals surface area contributed by atoms with Gasteiger partial charge in [-0.15, -0.1) is 0 Å². The van der Waals surface area contributed by atoms with Gasteiger partial charge >= 0.3 is 0 Å². The molecule has 3 heteroatoms. The molecule has 0 aliphatic carbocycles. The quantitative estimate of drug-likeness (QED) is 0.401. The molecule has 0 amide bonds. The van der Waals surface area contributed by atoms with Crippen LogP contribution in [-0.4, -0.2) is 6.61 Å². The van der Waals surface area contributed by atoms with E-state index < -0.39 is 0 Å². The highest BCUT2D eigenvalue weighted by Gasteiger charge is 1.87. The van der Waals surface area contributed by atoms with E-state index in [0.29, 0.717) is 6.61 Å². The van der Waals surface area contributed by atoms with Gasteiger partial charge in [0.1, 0.15) is 12.9 Å².